The monoisotopic (exact) mass is 224 g/mol. The second kappa shape index (κ2) is 2.82. The van der Waals surface area contributed by atoms with Gasteiger partial charge in [-0.25, -0.2) is 0 Å². The number of hydrogen-bond donors (Lipinski definition) is 0. The summed E-state index contributed by atoms with van der Waals surface area (Å²) in [6, 6.07) is 0. The molecule has 0 heterocycles. The van der Waals surface area contributed by atoms with Crippen molar-refractivity contribution in [3.05, 3.63) is 0 Å². The number of hydrogen-bond acceptors (Lipinski definition) is 0. The van der Waals surface area contributed by atoms with Crippen LogP contribution >= 0.6 is 33.2 Å². The van der Waals surface area contributed by atoms with Gasteiger partial charge in [0.15, 0.2) is 0 Å². The first-order valence-corrected chi connectivity index (χ1v) is 14.3. The first-order valence-electron chi connectivity index (χ1n) is 1.63. The van der Waals surface area contributed by atoms with Gasteiger partial charge < -0.3 is 0 Å². The van der Waals surface area contributed by atoms with E-state index in [9.17, 15) is 0 Å². The molecule has 0 radical (unpaired) electrons. The van der Waals surface area contributed by atoms with Crippen molar-refractivity contribution >= 4 is 52.5 Å². The summed E-state index contributed by atoms with van der Waals surface area (Å²) in [5.41, 5.74) is 0. The van der Waals surface area contributed by atoms with Crippen LogP contribution in [-0.4, -0.2) is 19.3 Å². The summed E-state index contributed by atoms with van der Waals surface area (Å²) in [5.74, 6) is 2.06. The molecule has 0 aliphatic carbocycles. The van der Waals surface area contributed by atoms with Gasteiger partial charge in [0.2, 0.25) is 0 Å². The maximum absolute atomic E-state index is 5.47. The zero-order valence-corrected chi connectivity index (χ0v) is 9.58. The first kappa shape index (κ1) is 7.63. The number of halogens is 3. The third kappa shape index (κ3) is 5.63. The normalized spacial score (nSPS) is 14.0. The number of rotatable bonds is 1. The fourth-order valence-electron chi connectivity index (χ4n) is 0. The van der Waals surface area contributed by atoms with Crippen molar-refractivity contribution in [2.24, 2.45) is 0 Å². The minimum atomic E-state index is -2.03. The van der Waals surface area contributed by atoms with Crippen LogP contribution in [0.25, 0.3) is 0 Å². The fraction of sp³-hybridized carbons (Fsp3) is 1.00. The van der Waals surface area contributed by atoms with Crippen LogP contribution in [0.1, 0.15) is 0 Å². The van der Waals surface area contributed by atoms with Crippen LogP contribution < -0.4 is 0 Å². The topological polar surface area (TPSA) is 0 Å². The Morgan fingerprint density at radius 1 is 1.33 bits per heavy atom. The second-order valence-corrected chi connectivity index (χ2v) is 30.0. The van der Waals surface area contributed by atoms with Crippen LogP contribution in [0.15, 0.2) is 0 Å². The van der Waals surface area contributed by atoms with Gasteiger partial charge in [0.1, 0.15) is 0 Å². The van der Waals surface area contributed by atoms with E-state index in [0.717, 1.165) is 0 Å². The van der Waals surface area contributed by atoms with Crippen LogP contribution in [0, 0.1) is 0 Å². The van der Waals surface area contributed by atoms with Crippen LogP contribution in [0.5, 0.6) is 0 Å². The van der Waals surface area contributed by atoms with Crippen LogP contribution in [0.2, 0.25) is 5.76 Å². The summed E-state index contributed by atoms with van der Waals surface area (Å²) in [7, 11) is 0. The maximum atomic E-state index is 5.47. The molecule has 0 saturated carbocycles. The Bertz CT molecular complexity index is 40.5. The van der Waals surface area contributed by atoms with Crippen molar-refractivity contribution in [2.45, 2.75) is 5.76 Å². The van der Waals surface area contributed by atoms with Gasteiger partial charge in [0.25, 0.3) is 0 Å². The standard InChI is InChI=1S/CH5Cl3GeSi/c1-5-6(2,3)4/h5H2,1H3. The Balaban J connectivity index is 3.17. The molecule has 0 aromatic rings. The van der Waals surface area contributed by atoms with E-state index < -0.39 is 19.3 Å². The minimum absolute atomic E-state index is 0.669. The van der Waals surface area contributed by atoms with E-state index in [2.05, 4.69) is 5.76 Å². The SMILES string of the molecule is [CH3][GeH2][Si](Cl)(Cl)Cl. The van der Waals surface area contributed by atoms with Crippen molar-refractivity contribution in [3.8, 4) is 0 Å². The Labute approximate surface area is 58.2 Å². The fourth-order valence-corrected chi connectivity index (χ4v) is 0. The van der Waals surface area contributed by atoms with E-state index in [1.54, 1.807) is 0 Å². The summed E-state index contributed by atoms with van der Waals surface area (Å²) in [6.45, 7) is 0. The van der Waals surface area contributed by atoms with Crippen molar-refractivity contribution < 1.29 is 0 Å². The molecule has 0 amide bonds. The quantitative estimate of drug-likeness (QED) is 0.466. The van der Waals surface area contributed by atoms with Crippen molar-refractivity contribution in [1.29, 1.82) is 0 Å². The third-order valence-corrected chi connectivity index (χ3v) is 18.7. The van der Waals surface area contributed by atoms with E-state index in [1.807, 2.05) is 0 Å². The second-order valence-electron chi connectivity index (χ2n) is 0.969. The molecule has 0 nitrogen and oxygen atoms in total. The molecule has 0 atom stereocenters. The molecule has 0 spiro atoms. The molecule has 0 bridgehead atoms. The molecule has 6 heavy (non-hydrogen) atoms. The van der Waals surface area contributed by atoms with Gasteiger partial charge in [-0.15, -0.1) is 0 Å². The molecule has 0 rings (SSSR count). The van der Waals surface area contributed by atoms with E-state index in [1.165, 1.54) is 0 Å². The molecular weight excluding hydrogens is 219 g/mol. The van der Waals surface area contributed by atoms with E-state index in [-0.39, 0.29) is 0 Å². The van der Waals surface area contributed by atoms with Crippen molar-refractivity contribution in [3.63, 3.8) is 0 Å². The van der Waals surface area contributed by atoms with Crippen LogP contribution in [0.3, 0.4) is 0 Å². The van der Waals surface area contributed by atoms with Gasteiger partial charge in [-0.1, -0.05) is 0 Å². The Morgan fingerprint density at radius 3 is 1.50 bits per heavy atom. The Hall–Kier alpha value is 1.63. The third-order valence-electron chi connectivity index (χ3n) is 0.401. The molecule has 0 fully saturated rings. The van der Waals surface area contributed by atoms with E-state index in [0.29, 0.717) is 0 Å². The predicted octanol–water partition coefficient (Wildman–Crippen LogP) is 1.36. The molecule has 0 aliphatic heterocycles. The molecule has 5 heteroatoms. The molecular formula is CH5Cl3GeSi. The Kier molecular flexibility index (Phi) is 3.59. The summed E-state index contributed by atoms with van der Waals surface area (Å²) >= 11 is 15.7. The summed E-state index contributed by atoms with van der Waals surface area (Å²) in [4.78, 5) is 0. The Morgan fingerprint density at radius 2 is 1.50 bits per heavy atom. The summed E-state index contributed by atoms with van der Waals surface area (Å²) < 4.78 is -2.03. The van der Waals surface area contributed by atoms with Gasteiger partial charge in [-0.05, 0) is 0 Å². The molecule has 0 unspecified atom stereocenters. The van der Waals surface area contributed by atoms with E-state index in [4.69, 9.17) is 33.2 Å². The molecule has 0 N–H and O–H groups in total. The van der Waals surface area contributed by atoms with Gasteiger partial charge in [0.05, 0.1) is 0 Å². The van der Waals surface area contributed by atoms with Crippen molar-refractivity contribution in [2.75, 3.05) is 0 Å². The zero-order valence-electron chi connectivity index (χ0n) is 3.34. The van der Waals surface area contributed by atoms with Crippen molar-refractivity contribution in [1.82, 2.24) is 0 Å². The molecule has 0 aromatic carbocycles. The predicted molar refractivity (Wildman–Crippen MR) is 37.7 cm³/mol. The van der Waals surface area contributed by atoms with E-state index >= 15 is 0 Å². The summed E-state index contributed by atoms with van der Waals surface area (Å²) in [5, 5.41) is 0. The van der Waals surface area contributed by atoms with Crippen LogP contribution in [-0.2, 0) is 0 Å². The average Bonchev–Trinajstić information content (AvgIpc) is 1.35. The van der Waals surface area contributed by atoms with Crippen LogP contribution in [0.4, 0.5) is 0 Å². The first-order chi connectivity index (χ1) is 2.56. The zero-order chi connectivity index (χ0) is 5.21. The van der Waals surface area contributed by atoms with Gasteiger partial charge >= 0.3 is 58.3 Å². The molecule has 0 saturated heterocycles. The molecule has 38 valence electrons. The van der Waals surface area contributed by atoms with Gasteiger partial charge in [-0.2, -0.15) is 0 Å². The summed E-state index contributed by atoms with van der Waals surface area (Å²) in [6.07, 6.45) is 0. The van der Waals surface area contributed by atoms with Gasteiger partial charge in [0, 0.05) is 0 Å². The molecule has 0 aromatic heterocycles. The average molecular weight is 224 g/mol. The van der Waals surface area contributed by atoms with Gasteiger partial charge in [-0.3, -0.25) is 0 Å². The molecule has 0 aliphatic rings.